The third-order valence-corrected chi connectivity index (χ3v) is 1.43. The van der Waals surface area contributed by atoms with Crippen LogP contribution in [0.3, 0.4) is 0 Å². The van der Waals surface area contributed by atoms with Crippen molar-refractivity contribution in [2.24, 2.45) is 0 Å². The SMILES string of the molecule is Cc1cccc(CC(=O)[O-])c1.[K+]. The van der Waals surface area contributed by atoms with Crippen molar-refractivity contribution in [3.63, 3.8) is 0 Å². The van der Waals surface area contributed by atoms with Crippen LogP contribution in [0.25, 0.3) is 0 Å². The number of carboxylic acid groups (broad SMARTS) is 1. The third kappa shape index (κ3) is 4.38. The largest absolute Gasteiger partial charge is 1.00 e. The summed E-state index contributed by atoms with van der Waals surface area (Å²) in [5.41, 5.74) is 1.87. The molecule has 2 nitrogen and oxygen atoms in total. The molecule has 0 aliphatic heterocycles. The molecule has 1 rings (SSSR count). The first-order chi connectivity index (χ1) is 5.18. The predicted molar refractivity (Wildman–Crippen MR) is 39.9 cm³/mol. The van der Waals surface area contributed by atoms with Crippen LogP contribution in [0.4, 0.5) is 0 Å². The van der Waals surface area contributed by atoms with Crippen molar-refractivity contribution in [1.29, 1.82) is 0 Å². The van der Waals surface area contributed by atoms with E-state index in [0.29, 0.717) is 0 Å². The number of carboxylic acids is 1. The van der Waals surface area contributed by atoms with E-state index in [1.54, 1.807) is 6.07 Å². The molecule has 0 bridgehead atoms. The Morgan fingerprint density at radius 3 is 2.67 bits per heavy atom. The summed E-state index contributed by atoms with van der Waals surface area (Å²) in [5.74, 6) is -1.03. The molecular weight excluding hydrogens is 179 g/mol. The zero-order valence-corrected chi connectivity index (χ0v) is 10.5. The van der Waals surface area contributed by atoms with Gasteiger partial charge in [-0.15, -0.1) is 0 Å². The van der Waals surface area contributed by atoms with Crippen molar-refractivity contribution in [3.05, 3.63) is 35.4 Å². The number of hydrogen-bond donors (Lipinski definition) is 0. The van der Waals surface area contributed by atoms with Gasteiger partial charge in [0.2, 0.25) is 0 Å². The van der Waals surface area contributed by atoms with Gasteiger partial charge in [-0.05, 0) is 12.5 Å². The first-order valence-electron chi connectivity index (χ1n) is 3.44. The van der Waals surface area contributed by atoms with Gasteiger partial charge in [0.1, 0.15) is 0 Å². The number of rotatable bonds is 2. The Morgan fingerprint density at radius 1 is 1.50 bits per heavy atom. The quantitative estimate of drug-likeness (QED) is 0.474. The first kappa shape index (κ1) is 12.3. The Kier molecular flexibility index (Phi) is 6.04. The molecule has 0 aliphatic rings. The second-order valence-electron chi connectivity index (χ2n) is 2.54. The van der Waals surface area contributed by atoms with Gasteiger partial charge in [-0.2, -0.15) is 0 Å². The Bertz CT molecular complexity index is 271. The van der Waals surface area contributed by atoms with E-state index in [0.717, 1.165) is 11.1 Å². The third-order valence-electron chi connectivity index (χ3n) is 1.43. The molecule has 1 aromatic rings. The van der Waals surface area contributed by atoms with Gasteiger partial charge in [0.25, 0.3) is 0 Å². The van der Waals surface area contributed by atoms with Gasteiger partial charge in [0.15, 0.2) is 0 Å². The Labute approximate surface area is 114 Å². The molecule has 0 aliphatic carbocycles. The number of carbonyl (C=O) groups is 1. The summed E-state index contributed by atoms with van der Waals surface area (Å²) in [6.45, 7) is 1.93. The average Bonchev–Trinajstić information content (AvgIpc) is 1.85. The van der Waals surface area contributed by atoms with Crippen LogP contribution in [0.15, 0.2) is 24.3 Å². The molecule has 0 saturated carbocycles. The van der Waals surface area contributed by atoms with Crippen LogP contribution < -0.4 is 56.5 Å². The minimum Gasteiger partial charge on any atom is -0.550 e. The van der Waals surface area contributed by atoms with Crippen LogP contribution >= 0.6 is 0 Å². The molecule has 0 amide bonds. The Morgan fingerprint density at radius 2 is 2.17 bits per heavy atom. The second-order valence-corrected chi connectivity index (χ2v) is 2.54. The summed E-state index contributed by atoms with van der Waals surface area (Å²) >= 11 is 0. The van der Waals surface area contributed by atoms with E-state index < -0.39 is 5.97 Å². The van der Waals surface area contributed by atoms with Gasteiger partial charge in [-0.25, -0.2) is 0 Å². The van der Waals surface area contributed by atoms with Crippen molar-refractivity contribution < 1.29 is 61.3 Å². The fourth-order valence-electron chi connectivity index (χ4n) is 0.989. The minimum atomic E-state index is -1.03. The molecule has 0 N–H and O–H groups in total. The molecule has 1 aromatic carbocycles. The van der Waals surface area contributed by atoms with E-state index in [1.807, 2.05) is 25.1 Å². The van der Waals surface area contributed by atoms with E-state index >= 15 is 0 Å². The van der Waals surface area contributed by atoms with Crippen LogP contribution in [0, 0.1) is 6.92 Å². The number of aliphatic carboxylic acids is 1. The molecule has 0 spiro atoms. The zero-order chi connectivity index (χ0) is 8.27. The van der Waals surface area contributed by atoms with E-state index in [9.17, 15) is 9.90 Å². The van der Waals surface area contributed by atoms with Crippen molar-refractivity contribution in [3.8, 4) is 0 Å². The Hall–Kier alpha value is 0.326. The monoisotopic (exact) mass is 188 g/mol. The summed E-state index contributed by atoms with van der Waals surface area (Å²) in [6.07, 6.45) is 0.00167. The molecular formula is C9H9KO2. The van der Waals surface area contributed by atoms with Gasteiger partial charge in [0, 0.05) is 12.4 Å². The molecule has 0 aromatic heterocycles. The maximum atomic E-state index is 10.2. The van der Waals surface area contributed by atoms with Crippen LogP contribution in [-0.2, 0) is 11.2 Å². The summed E-state index contributed by atoms with van der Waals surface area (Å²) in [4.78, 5) is 10.2. The Balaban J connectivity index is 0.00000121. The summed E-state index contributed by atoms with van der Waals surface area (Å²) in [6, 6.07) is 7.39. The standard InChI is InChI=1S/C9H10O2.K/c1-7-3-2-4-8(5-7)6-9(10)11;/h2-5H,6H2,1H3,(H,10,11);/q;+1/p-1. The molecule has 0 radical (unpaired) electrons. The minimum absolute atomic E-state index is 0. The summed E-state index contributed by atoms with van der Waals surface area (Å²) in [7, 11) is 0. The smallest absolute Gasteiger partial charge is 0.550 e. The van der Waals surface area contributed by atoms with Crippen molar-refractivity contribution in [2.45, 2.75) is 13.3 Å². The maximum absolute atomic E-state index is 10.2. The number of hydrogen-bond acceptors (Lipinski definition) is 2. The molecule has 12 heavy (non-hydrogen) atoms. The number of benzene rings is 1. The van der Waals surface area contributed by atoms with Crippen LogP contribution in [0.5, 0.6) is 0 Å². The van der Waals surface area contributed by atoms with E-state index in [2.05, 4.69) is 0 Å². The topological polar surface area (TPSA) is 40.1 Å². The van der Waals surface area contributed by atoms with Crippen LogP contribution in [-0.4, -0.2) is 5.97 Å². The second kappa shape index (κ2) is 5.88. The molecule has 0 atom stereocenters. The van der Waals surface area contributed by atoms with Gasteiger partial charge in [-0.3, -0.25) is 0 Å². The molecule has 0 unspecified atom stereocenters. The first-order valence-corrected chi connectivity index (χ1v) is 3.44. The average molecular weight is 188 g/mol. The van der Waals surface area contributed by atoms with Gasteiger partial charge < -0.3 is 9.90 Å². The van der Waals surface area contributed by atoms with Crippen molar-refractivity contribution in [1.82, 2.24) is 0 Å². The number of aryl methyl sites for hydroxylation is 1. The van der Waals surface area contributed by atoms with Crippen molar-refractivity contribution in [2.75, 3.05) is 0 Å². The summed E-state index contributed by atoms with van der Waals surface area (Å²) in [5, 5.41) is 10.2. The van der Waals surface area contributed by atoms with Gasteiger partial charge >= 0.3 is 51.4 Å². The van der Waals surface area contributed by atoms with Gasteiger partial charge in [-0.1, -0.05) is 29.8 Å². The predicted octanol–water partition coefficient (Wildman–Crippen LogP) is -2.71. The normalized spacial score (nSPS) is 8.75. The van der Waals surface area contributed by atoms with Crippen molar-refractivity contribution >= 4 is 5.97 Å². The van der Waals surface area contributed by atoms with E-state index in [-0.39, 0.29) is 57.8 Å². The number of carbonyl (C=O) groups excluding carboxylic acids is 1. The molecule has 3 heteroatoms. The van der Waals surface area contributed by atoms with E-state index in [1.165, 1.54) is 0 Å². The van der Waals surface area contributed by atoms with E-state index in [4.69, 9.17) is 0 Å². The maximum Gasteiger partial charge on any atom is 1.00 e. The molecule has 0 fully saturated rings. The molecule has 58 valence electrons. The zero-order valence-electron chi connectivity index (χ0n) is 7.33. The molecule has 0 heterocycles. The summed E-state index contributed by atoms with van der Waals surface area (Å²) < 4.78 is 0. The van der Waals surface area contributed by atoms with Crippen LogP contribution in [0.2, 0.25) is 0 Å². The fourth-order valence-corrected chi connectivity index (χ4v) is 0.989. The van der Waals surface area contributed by atoms with Gasteiger partial charge in [0.05, 0.1) is 0 Å². The molecule has 0 saturated heterocycles. The fraction of sp³-hybridized carbons (Fsp3) is 0.222. The van der Waals surface area contributed by atoms with Crippen LogP contribution in [0.1, 0.15) is 11.1 Å².